The minimum atomic E-state index is -0.297. The van der Waals surface area contributed by atoms with Gasteiger partial charge in [-0.3, -0.25) is 0 Å². The summed E-state index contributed by atoms with van der Waals surface area (Å²) in [5.74, 6) is 1.60. The van der Waals surface area contributed by atoms with Gasteiger partial charge < -0.3 is 9.47 Å². The highest BCUT2D eigenvalue weighted by Crippen LogP contribution is 2.20. The van der Waals surface area contributed by atoms with Crippen LogP contribution in [0.1, 0.15) is 30.9 Å². The Hall–Kier alpha value is -2.48. The van der Waals surface area contributed by atoms with Gasteiger partial charge in [0, 0.05) is 6.42 Å². The van der Waals surface area contributed by atoms with Gasteiger partial charge in [0.2, 0.25) is 6.29 Å². The van der Waals surface area contributed by atoms with Gasteiger partial charge in [0.1, 0.15) is 11.5 Å². The van der Waals surface area contributed by atoms with E-state index in [9.17, 15) is 0 Å². The predicted molar refractivity (Wildman–Crippen MR) is 93.0 cm³/mol. The molecule has 0 aliphatic rings. The molecule has 0 heterocycles. The van der Waals surface area contributed by atoms with Gasteiger partial charge in [0.05, 0.1) is 0 Å². The highest BCUT2D eigenvalue weighted by atomic mass is 16.7. The fraction of sp³-hybridized carbons (Fsp3) is 0.200. The zero-order valence-corrected chi connectivity index (χ0v) is 13.0. The first-order chi connectivity index (χ1) is 10.7. The van der Waals surface area contributed by atoms with Crippen molar-refractivity contribution in [2.24, 2.45) is 0 Å². The van der Waals surface area contributed by atoms with E-state index < -0.39 is 0 Å². The van der Waals surface area contributed by atoms with Gasteiger partial charge in [-0.15, -0.1) is 0 Å². The molecule has 0 atom stereocenters. The van der Waals surface area contributed by atoms with Crippen LogP contribution in [0.4, 0.5) is 0 Å². The Morgan fingerprint density at radius 3 is 1.55 bits per heavy atom. The zero-order chi connectivity index (χ0) is 15.8. The summed E-state index contributed by atoms with van der Waals surface area (Å²) in [7, 11) is 0. The van der Waals surface area contributed by atoms with Crippen molar-refractivity contribution < 1.29 is 9.47 Å². The van der Waals surface area contributed by atoms with E-state index in [0.717, 1.165) is 35.5 Å². The molecule has 0 aromatic heterocycles. The van der Waals surface area contributed by atoms with Gasteiger partial charge in [-0.05, 0) is 41.8 Å². The van der Waals surface area contributed by atoms with Gasteiger partial charge >= 0.3 is 0 Å². The molecule has 2 heteroatoms. The quantitative estimate of drug-likeness (QED) is 0.594. The first-order valence-corrected chi connectivity index (χ1v) is 7.53. The van der Waals surface area contributed by atoms with Crippen LogP contribution in [0.3, 0.4) is 0 Å². The summed E-state index contributed by atoms with van der Waals surface area (Å²) < 4.78 is 11.9. The summed E-state index contributed by atoms with van der Waals surface area (Å²) in [5, 5.41) is 0. The highest BCUT2D eigenvalue weighted by molar-refractivity contribution is 5.49. The van der Waals surface area contributed by atoms with Crippen molar-refractivity contribution in [2.75, 3.05) is 0 Å². The van der Waals surface area contributed by atoms with E-state index in [2.05, 4.69) is 20.1 Å². The normalized spacial score (nSPS) is 10.3. The lowest BCUT2D eigenvalue weighted by Gasteiger charge is -2.20. The van der Waals surface area contributed by atoms with Gasteiger partial charge in [0.15, 0.2) is 0 Å². The van der Waals surface area contributed by atoms with E-state index >= 15 is 0 Å². The van der Waals surface area contributed by atoms with Crippen molar-refractivity contribution in [3.8, 4) is 11.5 Å². The lowest BCUT2D eigenvalue weighted by molar-refractivity contribution is -0.00104. The number of benzene rings is 2. The molecule has 2 aromatic rings. The first-order valence-electron chi connectivity index (χ1n) is 7.53. The third-order valence-electron chi connectivity index (χ3n) is 3.29. The smallest absolute Gasteiger partial charge is 0.241 e. The van der Waals surface area contributed by atoms with Crippen molar-refractivity contribution in [3.05, 3.63) is 72.8 Å². The fourth-order valence-electron chi connectivity index (χ4n) is 2.05. The molecule has 0 bridgehead atoms. The van der Waals surface area contributed by atoms with Crippen LogP contribution in [0.5, 0.6) is 11.5 Å². The Morgan fingerprint density at radius 1 is 0.818 bits per heavy atom. The minimum absolute atomic E-state index is 0.297. The number of rotatable bonds is 8. The Labute approximate surface area is 132 Å². The summed E-state index contributed by atoms with van der Waals surface area (Å²) in [5.41, 5.74) is 2.14. The van der Waals surface area contributed by atoms with Gasteiger partial charge in [-0.1, -0.05) is 56.5 Å². The molecule has 0 fully saturated rings. The van der Waals surface area contributed by atoms with E-state index in [1.54, 1.807) is 0 Å². The van der Waals surface area contributed by atoms with Gasteiger partial charge in [-0.2, -0.15) is 0 Å². The number of ether oxygens (including phenoxy) is 2. The van der Waals surface area contributed by atoms with Crippen LogP contribution in [-0.4, -0.2) is 6.29 Å². The first kappa shape index (κ1) is 15.9. The topological polar surface area (TPSA) is 18.5 Å². The maximum atomic E-state index is 5.94. The van der Waals surface area contributed by atoms with Crippen LogP contribution in [0.15, 0.2) is 61.7 Å². The highest BCUT2D eigenvalue weighted by Gasteiger charge is 2.11. The molecule has 2 aromatic carbocycles. The van der Waals surface area contributed by atoms with E-state index in [-0.39, 0.29) is 6.29 Å². The van der Waals surface area contributed by atoms with Crippen LogP contribution >= 0.6 is 0 Å². The molecule has 22 heavy (non-hydrogen) atoms. The van der Waals surface area contributed by atoms with E-state index in [4.69, 9.17) is 9.47 Å². The Balaban J connectivity index is 2.04. The van der Waals surface area contributed by atoms with Crippen molar-refractivity contribution >= 4 is 12.2 Å². The second-order valence-corrected chi connectivity index (χ2v) is 5.00. The molecular formula is C20H22O2. The maximum absolute atomic E-state index is 5.94. The molecule has 0 aliphatic carbocycles. The number of hydrogen-bond acceptors (Lipinski definition) is 2. The molecule has 114 valence electrons. The second kappa shape index (κ2) is 8.08. The molecule has 0 unspecified atom stereocenters. The molecule has 0 saturated heterocycles. The Morgan fingerprint density at radius 2 is 1.23 bits per heavy atom. The largest absolute Gasteiger partial charge is 0.455 e. The predicted octanol–water partition coefficient (Wildman–Crippen LogP) is 5.56. The average molecular weight is 294 g/mol. The minimum Gasteiger partial charge on any atom is -0.455 e. The monoisotopic (exact) mass is 294 g/mol. The van der Waals surface area contributed by atoms with E-state index in [0.29, 0.717) is 0 Å². The molecule has 0 spiro atoms. The van der Waals surface area contributed by atoms with Crippen LogP contribution < -0.4 is 9.47 Å². The molecule has 2 nitrogen and oxygen atoms in total. The Bertz CT molecular complexity index is 543. The standard InChI is InChI=1S/C20H22O2/c1-4-7-20(21-18-12-8-16(5-2)9-13-18)22-19-14-10-17(6-3)11-15-19/h5-6,8-15,20H,2-4,7H2,1H3. The van der Waals surface area contributed by atoms with Crippen LogP contribution in [0, 0.1) is 0 Å². The van der Waals surface area contributed by atoms with Crippen molar-refractivity contribution in [3.63, 3.8) is 0 Å². The summed E-state index contributed by atoms with van der Waals surface area (Å²) in [4.78, 5) is 0. The molecular weight excluding hydrogens is 272 g/mol. The third-order valence-corrected chi connectivity index (χ3v) is 3.29. The van der Waals surface area contributed by atoms with Crippen molar-refractivity contribution in [1.82, 2.24) is 0 Å². The molecule has 0 N–H and O–H groups in total. The molecule has 0 amide bonds. The van der Waals surface area contributed by atoms with Crippen molar-refractivity contribution in [2.45, 2.75) is 26.1 Å². The Kier molecular flexibility index (Phi) is 5.84. The van der Waals surface area contributed by atoms with Gasteiger partial charge in [0.25, 0.3) is 0 Å². The van der Waals surface area contributed by atoms with E-state index in [1.807, 2.05) is 60.7 Å². The SMILES string of the molecule is C=Cc1ccc(OC(CCC)Oc2ccc(C=C)cc2)cc1. The summed E-state index contributed by atoms with van der Waals surface area (Å²) in [6.07, 6.45) is 5.14. The molecule has 2 rings (SSSR count). The molecule has 0 aliphatic heterocycles. The molecule has 0 radical (unpaired) electrons. The number of hydrogen-bond donors (Lipinski definition) is 0. The van der Waals surface area contributed by atoms with Crippen molar-refractivity contribution in [1.29, 1.82) is 0 Å². The lowest BCUT2D eigenvalue weighted by atomic mass is 10.2. The van der Waals surface area contributed by atoms with Gasteiger partial charge in [-0.25, -0.2) is 0 Å². The van der Waals surface area contributed by atoms with Crippen LogP contribution in [0.2, 0.25) is 0 Å². The zero-order valence-electron chi connectivity index (χ0n) is 13.0. The summed E-state index contributed by atoms with van der Waals surface area (Å²) in [6.45, 7) is 9.61. The second-order valence-electron chi connectivity index (χ2n) is 5.00. The lowest BCUT2D eigenvalue weighted by Crippen LogP contribution is -2.23. The maximum Gasteiger partial charge on any atom is 0.241 e. The van der Waals surface area contributed by atoms with E-state index in [1.165, 1.54) is 0 Å². The fourth-order valence-corrected chi connectivity index (χ4v) is 2.05. The van der Waals surface area contributed by atoms with Crippen LogP contribution in [0.25, 0.3) is 12.2 Å². The van der Waals surface area contributed by atoms with Crippen LogP contribution in [-0.2, 0) is 0 Å². The average Bonchev–Trinajstić information content (AvgIpc) is 2.56. The molecule has 0 saturated carbocycles. The summed E-state index contributed by atoms with van der Waals surface area (Å²) >= 11 is 0. The summed E-state index contributed by atoms with van der Waals surface area (Å²) in [6, 6.07) is 15.6. The third kappa shape index (κ3) is 4.52.